The summed E-state index contributed by atoms with van der Waals surface area (Å²) in [5.74, 6) is 0. The summed E-state index contributed by atoms with van der Waals surface area (Å²) < 4.78 is 3.50. The van der Waals surface area contributed by atoms with Crippen LogP contribution in [0.5, 0.6) is 0 Å². The van der Waals surface area contributed by atoms with Crippen LogP contribution >= 0.6 is 0 Å². The molecule has 0 saturated carbocycles. The quantitative estimate of drug-likeness (QED) is 0.216. The van der Waals surface area contributed by atoms with Gasteiger partial charge in [0.25, 0.3) is 12.4 Å². The molecule has 1 rings (SSSR count). The molecule has 0 saturated heterocycles. The third-order valence-corrected chi connectivity index (χ3v) is 0.425. The van der Waals surface area contributed by atoms with Crippen molar-refractivity contribution in [3.63, 3.8) is 0 Å². The summed E-state index contributed by atoms with van der Waals surface area (Å²) >= 11 is 0. The van der Waals surface area contributed by atoms with E-state index >= 15 is 0 Å². The first kappa shape index (κ1) is 3.17. The summed E-state index contributed by atoms with van der Waals surface area (Å²) in [5.41, 5.74) is 2.72. The summed E-state index contributed by atoms with van der Waals surface area (Å²) in [6.45, 7) is 0. The van der Waals surface area contributed by atoms with Crippen LogP contribution in [0.4, 0.5) is 0 Å². The lowest BCUT2D eigenvalue weighted by molar-refractivity contribution is 1.73. The molecule has 1 nitrogen and oxygen atoms in total. The van der Waals surface area contributed by atoms with Crippen molar-refractivity contribution >= 4 is 12.4 Å². The molecule has 0 aromatic carbocycles. The highest BCUT2D eigenvalue weighted by molar-refractivity contribution is 5.82. The van der Waals surface area contributed by atoms with Crippen molar-refractivity contribution in [2.75, 3.05) is 0 Å². The van der Waals surface area contributed by atoms with E-state index in [0.29, 0.717) is 0 Å². The Morgan fingerprint density at radius 2 is 2.83 bits per heavy atom. The van der Waals surface area contributed by atoms with Gasteiger partial charge in [-0.15, -0.1) is 0 Å². The summed E-state index contributed by atoms with van der Waals surface area (Å²) in [5, 5.41) is 0. The fourth-order valence-electron chi connectivity index (χ4n) is 0.218. The van der Waals surface area contributed by atoms with Crippen LogP contribution in [0.1, 0.15) is 1.43 Å². The van der Waals surface area contributed by atoms with Crippen LogP contribution in [0.2, 0.25) is 0 Å². The highest BCUT2D eigenvalue weighted by Crippen LogP contribution is 1.59. The fourth-order valence-corrected chi connectivity index (χ4v) is 0.218. The number of hydrogen-bond donors (Lipinski definition) is 0. The molecule has 27 valence electrons. The van der Waals surface area contributed by atoms with E-state index in [1.807, 2.05) is 0 Å². The molecule has 1 heteroatoms. The van der Waals surface area contributed by atoms with Gasteiger partial charge in [-0.1, -0.05) is 12.2 Å². The minimum absolute atomic E-state index is 0. The standard InChI is InChI=1S/C5H2N/c1-2-4-6-5-3-1/h2-3H/p+1. The third kappa shape index (κ3) is 0.467. The molecule has 0 aromatic rings. The first-order valence-corrected chi connectivity index (χ1v) is 1.60. The van der Waals surface area contributed by atoms with Crippen molar-refractivity contribution in [3.8, 4) is 0 Å². The predicted octanol–water partition coefficient (Wildman–Crippen LogP) is -0.213. The highest BCUT2D eigenvalue weighted by Gasteiger charge is 1.64. The van der Waals surface area contributed by atoms with Crippen LogP contribution in [0, 0.1) is 0 Å². The second kappa shape index (κ2) is 1.42. The van der Waals surface area contributed by atoms with E-state index in [1.54, 1.807) is 12.2 Å². The number of rotatable bonds is 0. The van der Waals surface area contributed by atoms with E-state index in [9.17, 15) is 0 Å². The zero-order chi connectivity index (χ0) is 4.24. The van der Waals surface area contributed by atoms with Gasteiger partial charge in [0.1, 0.15) is 0 Å². The summed E-state index contributed by atoms with van der Waals surface area (Å²) in [6.07, 6.45) is 8.28. The second-order valence-electron chi connectivity index (χ2n) is 0.825. The largest absolute Gasteiger partial charge is 1.00 e. The molecule has 6 heavy (non-hydrogen) atoms. The molecule has 1 radical (unpaired) electrons. The average molecular weight is 77.1 g/mol. The minimum Gasteiger partial charge on any atom is -0.271 e. The van der Waals surface area contributed by atoms with Crippen LogP contribution in [-0.2, 0) is 0 Å². The molecule has 1 aliphatic heterocycles. The zero-order valence-electron chi connectivity index (χ0n) is 4.10. The van der Waals surface area contributed by atoms with Gasteiger partial charge in [0.05, 0.1) is 0 Å². The molecule has 0 spiro atoms. The zero-order valence-corrected chi connectivity index (χ0v) is 3.10. The van der Waals surface area contributed by atoms with Gasteiger partial charge in [0.2, 0.25) is 0 Å². The normalized spacial score (nSPS) is 13.3. The average Bonchev–Trinajstić information content (AvgIpc) is 1.72. The van der Waals surface area contributed by atoms with Crippen molar-refractivity contribution in [1.29, 1.82) is 0 Å². The Hall–Kier alpha value is -1.03. The summed E-state index contributed by atoms with van der Waals surface area (Å²) in [6, 6.07) is 0. The van der Waals surface area contributed by atoms with Crippen LogP contribution < -0.4 is 4.67 Å². The topological polar surface area (TPSA) is 14.1 Å². The Bertz CT molecular complexity index is 125. The van der Waals surface area contributed by atoms with Crippen LogP contribution in [-0.4, -0.2) is 12.4 Å². The van der Waals surface area contributed by atoms with E-state index in [1.165, 1.54) is 0 Å². The predicted molar refractivity (Wildman–Crippen MR) is 25.9 cm³/mol. The number of nitrogens with zero attached hydrogens (tertiary/aromatic N) is 1. The maximum Gasteiger partial charge on any atom is 1.00 e. The molecule has 0 amide bonds. The van der Waals surface area contributed by atoms with Crippen molar-refractivity contribution < 1.29 is 1.43 Å². The SMILES string of the molecule is [C]1=[N+]=[C-]C=C=C1.[H+]. The molecule has 0 unspecified atom stereocenters. The van der Waals surface area contributed by atoms with Gasteiger partial charge in [-0.3, -0.25) is 5.73 Å². The van der Waals surface area contributed by atoms with E-state index in [0.717, 1.165) is 0 Å². The smallest absolute Gasteiger partial charge is 0.271 e. The van der Waals surface area contributed by atoms with Gasteiger partial charge in [0, 0.05) is 0 Å². The van der Waals surface area contributed by atoms with Crippen LogP contribution in [0.25, 0.3) is 0 Å². The summed E-state index contributed by atoms with van der Waals surface area (Å²) in [4.78, 5) is 0. The van der Waals surface area contributed by atoms with Gasteiger partial charge in [0.15, 0.2) is 0 Å². The lowest BCUT2D eigenvalue weighted by atomic mass is 10.5. The lowest BCUT2D eigenvalue weighted by Gasteiger charge is -1.63. The fraction of sp³-hybridized carbons (Fsp3) is 0. The highest BCUT2D eigenvalue weighted by atomic mass is 14.5. The monoisotopic (exact) mass is 77.0 g/mol. The van der Waals surface area contributed by atoms with E-state index in [2.05, 4.69) is 22.8 Å². The van der Waals surface area contributed by atoms with Gasteiger partial charge >= 0.3 is 1.43 Å². The van der Waals surface area contributed by atoms with Crippen LogP contribution in [0.15, 0.2) is 17.9 Å². The molecule has 1 heterocycles. The Balaban J connectivity index is 0.000000360. The summed E-state index contributed by atoms with van der Waals surface area (Å²) in [7, 11) is 0. The lowest BCUT2D eigenvalue weighted by Crippen LogP contribution is -1.77. The Morgan fingerprint density at radius 3 is 3.00 bits per heavy atom. The van der Waals surface area contributed by atoms with Gasteiger partial charge in [-0.05, 0) is 0 Å². The molecule has 0 aromatic heterocycles. The molecule has 0 N–H and O–H groups in total. The van der Waals surface area contributed by atoms with Gasteiger partial charge in [-0.2, -0.15) is 0 Å². The van der Waals surface area contributed by atoms with E-state index in [4.69, 9.17) is 0 Å². The Morgan fingerprint density at radius 1 is 1.83 bits per heavy atom. The van der Waals surface area contributed by atoms with Crippen molar-refractivity contribution in [1.82, 2.24) is 4.67 Å². The molecule has 1 aliphatic rings. The van der Waals surface area contributed by atoms with Crippen molar-refractivity contribution in [2.24, 2.45) is 0 Å². The van der Waals surface area contributed by atoms with Gasteiger partial charge in [-0.25, -0.2) is 4.67 Å². The Kier molecular flexibility index (Phi) is 0.749. The Labute approximate surface area is 37.5 Å². The number of hydrogen-bond acceptors (Lipinski definition) is 0. The van der Waals surface area contributed by atoms with Crippen molar-refractivity contribution in [3.05, 3.63) is 17.9 Å². The number of allylic oxidation sites excluding steroid dienone is 1. The van der Waals surface area contributed by atoms with Gasteiger partial charge < -0.3 is 0 Å². The van der Waals surface area contributed by atoms with E-state index < -0.39 is 0 Å². The second-order valence-corrected chi connectivity index (χ2v) is 0.825. The first-order valence-electron chi connectivity index (χ1n) is 1.60. The molecular weight excluding hydrogens is 74.1 g/mol. The molecule has 0 aliphatic carbocycles. The maximum atomic E-state index is 3.50. The van der Waals surface area contributed by atoms with E-state index in [-0.39, 0.29) is 1.43 Å². The molecular formula is C5H3N+. The maximum absolute atomic E-state index is 3.50. The molecule has 0 bridgehead atoms. The minimum atomic E-state index is 0. The molecule has 0 fully saturated rings. The van der Waals surface area contributed by atoms with Crippen LogP contribution in [0.3, 0.4) is 0 Å². The van der Waals surface area contributed by atoms with Crippen molar-refractivity contribution in [2.45, 2.75) is 0 Å². The third-order valence-electron chi connectivity index (χ3n) is 0.425. The first-order chi connectivity index (χ1) is 3.00. The molecule has 0 atom stereocenters.